The molecule has 8 atom stereocenters. The highest BCUT2D eigenvalue weighted by atomic mass is 16.3. The zero-order valence-corrected chi connectivity index (χ0v) is 13.9. The van der Waals surface area contributed by atoms with Gasteiger partial charge in [0.1, 0.15) is 6.10 Å². The van der Waals surface area contributed by atoms with Crippen molar-refractivity contribution in [2.45, 2.75) is 77.4 Å². The van der Waals surface area contributed by atoms with Crippen molar-refractivity contribution in [1.82, 2.24) is 0 Å². The first kappa shape index (κ1) is 15.1. The van der Waals surface area contributed by atoms with Gasteiger partial charge in [0.2, 0.25) is 0 Å². The Morgan fingerprint density at radius 3 is 2.50 bits per heavy atom. The molecule has 4 aliphatic rings. The lowest BCUT2D eigenvalue weighted by Gasteiger charge is -2.59. The largest absolute Gasteiger partial charge is 0.393 e. The smallest absolute Gasteiger partial charge is 0.167 e. The van der Waals surface area contributed by atoms with Gasteiger partial charge in [-0.05, 0) is 80.5 Å². The molecule has 4 fully saturated rings. The molecule has 0 heterocycles. The monoisotopic (exact) mass is 306 g/mol. The Morgan fingerprint density at radius 2 is 1.73 bits per heavy atom. The number of carbonyl (C=O) groups excluding carboxylic acids is 1. The molecule has 0 amide bonds. The molecular formula is C19H30O3. The topological polar surface area (TPSA) is 57.5 Å². The van der Waals surface area contributed by atoms with Gasteiger partial charge in [-0.15, -0.1) is 0 Å². The summed E-state index contributed by atoms with van der Waals surface area (Å²) in [4.78, 5) is 12.5. The number of Topliss-reactive ketones (excluding diaryl/α,β-unsaturated/α-hetero) is 1. The van der Waals surface area contributed by atoms with E-state index in [4.69, 9.17) is 0 Å². The molecule has 4 rings (SSSR count). The summed E-state index contributed by atoms with van der Waals surface area (Å²) in [7, 11) is 0. The lowest BCUT2D eigenvalue weighted by atomic mass is 9.45. The second-order valence-electron chi connectivity index (χ2n) is 9.16. The second-order valence-corrected chi connectivity index (χ2v) is 9.16. The van der Waals surface area contributed by atoms with Crippen molar-refractivity contribution in [3.8, 4) is 0 Å². The van der Waals surface area contributed by atoms with Gasteiger partial charge >= 0.3 is 0 Å². The minimum Gasteiger partial charge on any atom is -0.393 e. The molecule has 2 unspecified atom stereocenters. The zero-order valence-electron chi connectivity index (χ0n) is 13.9. The summed E-state index contributed by atoms with van der Waals surface area (Å²) < 4.78 is 0. The third-order valence-corrected chi connectivity index (χ3v) is 8.37. The van der Waals surface area contributed by atoms with Gasteiger partial charge in [0, 0.05) is 5.41 Å². The summed E-state index contributed by atoms with van der Waals surface area (Å²) in [6.07, 6.45) is 7.43. The molecule has 0 bridgehead atoms. The highest BCUT2D eigenvalue weighted by molar-refractivity contribution is 5.91. The maximum Gasteiger partial charge on any atom is 0.167 e. The van der Waals surface area contributed by atoms with Crippen LogP contribution in [0.25, 0.3) is 0 Å². The standard InChI is InChI=1S/C19H30O3/c1-18-7-5-12(20)9-11(18)3-4-13-14(18)6-8-19(2)15(13)10-16(21)17(19)22/h11-16,20-21H,3-10H2,1-2H3/t11?,12?,13-,14+,15+,16-,18+,19+/m1/s1. The van der Waals surface area contributed by atoms with Gasteiger partial charge in [-0.25, -0.2) is 0 Å². The lowest BCUT2D eigenvalue weighted by Crippen LogP contribution is -2.54. The second kappa shape index (κ2) is 4.80. The van der Waals surface area contributed by atoms with Crippen molar-refractivity contribution < 1.29 is 15.0 Å². The lowest BCUT2D eigenvalue weighted by molar-refractivity contribution is -0.144. The third kappa shape index (κ3) is 1.84. The van der Waals surface area contributed by atoms with Crippen LogP contribution >= 0.6 is 0 Å². The fourth-order valence-electron chi connectivity index (χ4n) is 7.02. The van der Waals surface area contributed by atoms with Crippen LogP contribution in [-0.2, 0) is 4.79 Å². The first-order valence-electron chi connectivity index (χ1n) is 9.26. The van der Waals surface area contributed by atoms with Crippen LogP contribution in [-0.4, -0.2) is 28.2 Å². The Morgan fingerprint density at radius 1 is 0.955 bits per heavy atom. The van der Waals surface area contributed by atoms with Crippen LogP contribution in [0.15, 0.2) is 0 Å². The molecule has 0 saturated heterocycles. The number of carbonyl (C=O) groups is 1. The average Bonchev–Trinajstić information content (AvgIpc) is 2.72. The van der Waals surface area contributed by atoms with Crippen LogP contribution in [0.5, 0.6) is 0 Å². The van der Waals surface area contributed by atoms with E-state index < -0.39 is 6.10 Å². The van der Waals surface area contributed by atoms with Crippen LogP contribution in [0.3, 0.4) is 0 Å². The Balaban J connectivity index is 1.64. The summed E-state index contributed by atoms with van der Waals surface area (Å²) in [5.74, 6) is 2.45. The maximum absolute atomic E-state index is 12.5. The number of aliphatic hydroxyl groups excluding tert-OH is 2. The Bertz CT molecular complexity index is 489. The predicted octanol–water partition coefficient (Wildman–Crippen LogP) is 2.93. The number of rotatable bonds is 0. The summed E-state index contributed by atoms with van der Waals surface area (Å²) in [5.41, 5.74) is 0.0814. The quantitative estimate of drug-likeness (QED) is 0.723. The highest BCUT2D eigenvalue weighted by Gasteiger charge is 2.62. The van der Waals surface area contributed by atoms with E-state index in [1.54, 1.807) is 0 Å². The summed E-state index contributed by atoms with van der Waals surface area (Å²) in [6.45, 7) is 4.57. The van der Waals surface area contributed by atoms with Gasteiger partial charge in [0.15, 0.2) is 5.78 Å². The van der Waals surface area contributed by atoms with Crippen molar-refractivity contribution in [2.75, 3.05) is 0 Å². The molecule has 0 spiro atoms. The number of fused-ring (bicyclic) bond motifs is 5. The highest BCUT2D eigenvalue weighted by Crippen LogP contribution is 2.65. The van der Waals surface area contributed by atoms with Crippen LogP contribution in [0.2, 0.25) is 0 Å². The zero-order chi connectivity index (χ0) is 15.7. The van der Waals surface area contributed by atoms with Gasteiger partial charge in [-0.2, -0.15) is 0 Å². The summed E-state index contributed by atoms with van der Waals surface area (Å²) in [6, 6.07) is 0. The fraction of sp³-hybridized carbons (Fsp3) is 0.947. The van der Waals surface area contributed by atoms with Crippen molar-refractivity contribution >= 4 is 5.78 Å². The molecule has 0 aromatic carbocycles. The first-order chi connectivity index (χ1) is 10.4. The van der Waals surface area contributed by atoms with E-state index in [1.807, 2.05) is 0 Å². The summed E-state index contributed by atoms with van der Waals surface area (Å²) >= 11 is 0. The number of hydrogen-bond donors (Lipinski definition) is 2. The van der Waals surface area contributed by atoms with E-state index in [0.29, 0.717) is 35.5 Å². The van der Waals surface area contributed by atoms with Gasteiger partial charge in [0.05, 0.1) is 6.10 Å². The minimum atomic E-state index is -0.715. The van der Waals surface area contributed by atoms with Crippen LogP contribution in [0, 0.1) is 34.5 Å². The minimum absolute atomic E-state index is 0.0987. The maximum atomic E-state index is 12.5. The third-order valence-electron chi connectivity index (χ3n) is 8.37. The molecule has 4 saturated carbocycles. The van der Waals surface area contributed by atoms with Crippen LogP contribution in [0.4, 0.5) is 0 Å². The summed E-state index contributed by atoms with van der Waals surface area (Å²) in [5, 5.41) is 20.2. The molecule has 2 N–H and O–H groups in total. The van der Waals surface area contributed by atoms with E-state index in [9.17, 15) is 15.0 Å². The predicted molar refractivity (Wildman–Crippen MR) is 84.1 cm³/mol. The van der Waals surface area contributed by atoms with Crippen molar-refractivity contribution in [1.29, 1.82) is 0 Å². The van der Waals surface area contributed by atoms with E-state index in [0.717, 1.165) is 32.1 Å². The number of aliphatic hydroxyl groups is 2. The first-order valence-corrected chi connectivity index (χ1v) is 9.26. The fourth-order valence-corrected chi connectivity index (χ4v) is 7.02. The molecule has 0 aromatic rings. The molecule has 0 aromatic heterocycles. The molecule has 0 radical (unpaired) electrons. The van der Waals surface area contributed by atoms with Crippen molar-refractivity contribution in [3.63, 3.8) is 0 Å². The normalized spacial score (nSPS) is 57.9. The van der Waals surface area contributed by atoms with Crippen LogP contribution < -0.4 is 0 Å². The number of hydrogen-bond acceptors (Lipinski definition) is 3. The Labute approximate surface area is 133 Å². The average molecular weight is 306 g/mol. The Kier molecular flexibility index (Phi) is 3.30. The SMILES string of the molecule is C[C@]12CCC(O)CC1CC[C@@H]1[C@@H]2CC[C@]2(C)C(=O)[C@H](O)C[C@@H]12. The number of ketones is 1. The van der Waals surface area contributed by atoms with Crippen LogP contribution in [0.1, 0.15) is 65.2 Å². The van der Waals surface area contributed by atoms with Gasteiger partial charge in [0.25, 0.3) is 0 Å². The molecule has 0 aliphatic heterocycles. The van der Waals surface area contributed by atoms with E-state index in [1.165, 1.54) is 12.8 Å². The van der Waals surface area contributed by atoms with E-state index in [-0.39, 0.29) is 17.3 Å². The van der Waals surface area contributed by atoms with Gasteiger partial charge in [-0.1, -0.05) is 13.8 Å². The van der Waals surface area contributed by atoms with E-state index >= 15 is 0 Å². The van der Waals surface area contributed by atoms with Crippen molar-refractivity contribution in [3.05, 3.63) is 0 Å². The van der Waals surface area contributed by atoms with Gasteiger partial charge < -0.3 is 10.2 Å². The molecule has 3 nitrogen and oxygen atoms in total. The van der Waals surface area contributed by atoms with E-state index in [2.05, 4.69) is 13.8 Å². The van der Waals surface area contributed by atoms with Gasteiger partial charge in [-0.3, -0.25) is 4.79 Å². The Hall–Kier alpha value is -0.410. The molecule has 3 heteroatoms. The molecule has 4 aliphatic carbocycles. The molecule has 22 heavy (non-hydrogen) atoms. The van der Waals surface area contributed by atoms with Crippen molar-refractivity contribution in [2.24, 2.45) is 34.5 Å². The molecular weight excluding hydrogens is 276 g/mol. The molecule has 124 valence electrons.